The van der Waals surface area contributed by atoms with Crippen molar-refractivity contribution in [1.82, 2.24) is 4.98 Å². The van der Waals surface area contributed by atoms with Gasteiger partial charge in [-0.3, -0.25) is 4.98 Å². The second-order valence-corrected chi connectivity index (χ2v) is 9.26. The van der Waals surface area contributed by atoms with Gasteiger partial charge in [-0.1, -0.05) is 25.1 Å². The first-order valence-corrected chi connectivity index (χ1v) is 11.9. The number of methoxy groups -OCH3 is 1. The van der Waals surface area contributed by atoms with Crippen molar-refractivity contribution in [2.75, 3.05) is 37.4 Å². The van der Waals surface area contributed by atoms with Crippen LogP contribution in [0.5, 0.6) is 11.5 Å². The first kappa shape index (κ1) is 20.9. The highest BCUT2D eigenvalue weighted by Gasteiger charge is 2.27. The summed E-state index contributed by atoms with van der Waals surface area (Å²) < 4.78 is 11.9. The fourth-order valence-electron chi connectivity index (χ4n) is 4.59. The van der Waals surface area contributed by atoms with E-state index in [-0.39, 0.29) is 0 Å². The summed E-state index contributed by atoms with van der Waals surface area (Å²) in [5, 5.41) is 8.34. The minimum atomic E-state index is 0.621. The molecule has 0 bridgehead atoms. The molecule has 1 fully saturated rings. The average molecular weight is 432 g/mol. The molecule has 2 aliphatic carbocycles. The molecule has 0 aliphatic heterocycles. The van der Waals surface area contributed by atoms with Crippen LogP contribution >= 0.6 is 0 Å². The van der Waals surface area contributed by atoms with Crippen molar-refractivity contribution in [2.45, 2.75) is 39.0 Å². The number of anilines is 2. The summed E-state index contributed by atoms with van der Waals surface area (Å²) in [5.41, 5.74) is 6.03. The highest BCUT2D eigenvalue weighted by molar-refractivity contribution is 5.96. The minimum Gasteiger partial charge on any atom is -0.493 e. The Morgan fingerprint density at radius 3 is 2.66 bits per heavy atom. The molecule has 2 aliphatic rings. The Hall–Kier alpha value is -2.95. The van der Waals surface area contributed by atoms with E-state index in [4.69, 9.17) is 14.5 Å². The largest absolute Gasteiger partial charge is 0.493 e. The van der Waals surface area contributed by atoms with E-state index >= 15 is 0 Å². The van der Waals surface area contributed by atoms with E-state index in [0.717, 1.165) is 66.4 Å². The van der Waals surface area contributed by atoms with E-state index in [1.54, 1.807) is 7.11 Å². The third kappa shape index (κ3) is 4.62. The van der Waals surface area contributed by atoms with Crippen molar-refractivity contribution in [3.05, 3.63) is 53.7 Å². The normalized spacial score (nSPS) is 17.2. The summed E-state index contributed by atoms with van der Waals surface area (Å²) in [6.07, 6.45) is 5.74. The number of nitrogens with one attached hydrogen (secondary N) is 2. The van der Waals surface area contributed by atoms with Crippen molar-refractivity contribution in [1.29, 1.82) is 0 Å². The van der Waals surface area contributed by atoms with Crippen LogP contribution in [0.1, 0.15) is 37.4 Å². The molecule has 0 radical (unpaired) electrons. The minimum absolute atomic E-state index is 0.621. The Kier molecular flexibility index (Phi) is 6.06. The number of fused-ring (bicyclic) bond motifs is 2. The van der Waals surface area contributed by atoms with Crippen LogP contribution in [-0.2, 0) is 12.8 Å². The maximum Gasteiger partial charge on any atom is 0.163 e. The number of hydrogen-bond acceptors (Lipinski definition) is 5. The molecule has 1 unspecified atom stereocenters. The van der Waals surface area contributed by atoms with Crippen LogP contribution < -0.4 is 20.1 Å². The zero-order chi connectivity index (χ0) is 21.9. The Morgan fingerprint density at radius 2 is 1.88 bits per heavy atom. The smallest absolute Gasteiger partial charge is 0.163 e. The van der Waals surface area contributed by atoms with Gasteiger partial charge in [-0.05, 0) is 67.7 Å². The number of nitrogens with zero attached hydrogens (tertiary/aromatic N) is 1. The Bertz CT molecular complexity index is 1080. The van der Waals surface area contributed by atoms with Crippen LogP contribution in [0.2, 0.25) is 0 Å². The summed E-state index contributed by atoms with van der Waals surface area (Å²) in [6, 6.07) is 14.4. The molecular weight excluding hydrogens is 398 g/mol. The van der Waals surface area contributed by atoms with Gasteiger partial charge in [0.1, 0.15) is 0 Å². The predicted molar refractivity (Wildman–Crippen MR) is 131 cm³/mol. The molecular formula is C27H33N3O2. The topological polar surface area (TPSA) is 55.4 Å². The summed E-state index contributed by atoms with van der Waals surface area (Å²) >= 11 is 0. The van der Waals surface area contributed by atoms with Crippen molar-refractivity contribution in [3.63, 3.8) is 0 Å². The average Bonchev–Trinajstić information content (AvgIpc) is 3.56. The fourth-order valence-corrected chi connectivity index (χ4v) is 4.59. The zero-order valence-electron chi connectivity index (χ0n) is 19.1. The number of hydrogen-bond donors (Lipinski definition) is 2. The van der Waals surface area contributed by atoms with Gasteiger partial charge in [0.25, 0.3) is 0 Å². The maximum atomic E-state index is 6.14. The van der Waals surface area contributed by atoms with E-state index in [1.807, 2.05) is 18.2 Å². The highest BCUT2D eigenvalue weighted by Crippen LogP contribution is 2.41. The van der Waals surface area contributed by atoms with Gasteiger partial charge < -0.3 is 20.1 Å². The van der Waals surface area contributed by atoms with Crippen LogP contribution in [0.3, 0.4) is 0 Å². The van der Waals surface area contributed by atoms with Gasteiger partial charge in [-0.25, -0.2) is 0 Å². The van der Waals surface area contributed by atoms with Gasteiger partial charge >= 0.3 is 0 Å². The molecule has 32 heavy (non-hydrogen) atoms. The van der Waals surface area contributed by atoms with Crippen LogP contribution in [0, 0.1) is 11.8 Å². The molecule has 5 rings (SSSR count). The van der Waals surface area contributed by atoms with E-state index < -0.39 is 0 Å². The molecule has 2 N–H and O–H groups in total. The van der Waals surface area contributed by atoms with E-state index in [1.165, 1.54) is 29.8 Å². The lowest BCUT2D eigenvalue weighted by Crippen LogP contribution is -2.09. The lowest BCUT2D eigenvalue weighted by molar-refractivity contribution is 0.293. The van der Waals surface area contributed by atoms with E-state index in [2.05, 4.69) is 41.8 Å². The van der Waals surface area contributed by atoms with Crippen molar-refractivity contribution < 1.29 is 9.47 Å². The Labute approximate surface area is 190 Å². The van der Waals surface area contributed by atoms with Crippen molar-refractivity contribution in [2.24, 2.45) is 11.8 Å². The molecule has 5 nitrogen and oxygen atoms in total. The van der Waals surface area contributed by atoms with Crippen LogP contribution in [-0.4, -0.2) is 31.8 Å². The fraction of sp³-hybridized carbons (Fsp3) is 0.444. The van der Waals surface area contributed by atoms with Gasteiger partial charge in [-0.2, -0.15) is 0 Å². The predicted octanol–water partition coefficient (Wildman–Crippen LogP) is 5.68. The third-order valence-electron chi connectivity index (χ3n) is 6.50. The number of pyridine rings is 1. The van der Waals surface area contributed by atoms with Crippen LogP contribution in [0.25, 0.3) is 10.9 Å². The third-order valence-corrected chi connectivity index (χ3v) is 6.50. The molecule has 5 heteroatoms. The number of benzene rings is 2. The lowest BCUT2D eigenvalue weighted by atomic mass is 10.0. The quantitative estimate of drug-likeness (QED) is 0.405. The molecule has 1 atom stereocenters. The van der Waals surface area contributed by atoms with Gasteiger partial charge in [0, 0.05) is 41.6 Å². The van der Waals surface area contributed by atoms with Crippen molar-refractivity contribution >= 4 is 22.3 Å². The SMILES string of the molecule is COc1cc2c(NCC3CC3)c3c(nc2cc1OCCCNc1ccccc1)CC(C)C3. The standard InChI is InChI=1S/C27H33N3O2/c1-18-13-21-23(14-18)30-24-16-26(32-12-6-11-28-20-7-4-3-5-8-20)25(31-2)15-22(24)27(21)29-17-19-9-10-19/h3-5,7-8,15-16,18-19,28H,6,9-14,17H2,1-2H3,(H,29,30). The van der Waals surface area contributed by atoms with Crippen LogP contribution in [0.15, 0.2) is 42.5 Å². The molecule has 168 valence electrons. The van der Waals surface area contributed by atoms with Gasteiger partial charge in [0.15, 0.2) is 11.5 Å². The molecule has 1 saturated carbocycles. The highest BCUT2D eigenvalue weighted by atomic mass is 16.5. The lowest BCUT2D eigenvalue weighted by Gasteiger charge is -2.17. The van der Waals surface area contributed by atoms with E-state index in [0.29, 0.717) is 12.5 Å². The second-order valence-electron chi connectivity index (χ2n) is 9.26. The zero-order valence-corrected chi connectivity index (χ0v) is 19.1. The Morgan fingerprint density at radius 1 is 1.03 bits per heavy atom. The first-order valence-electron chi connectivity index (χ1n) is 11.9. The molecule has 3 aromatic rings. The summed E-state index contributed by atoms with van der Waals surface area (Å²) in [7, 11) is 1.71. The summed E-state index contributed by atoms with van der Waals surface area (Å²) in [6.45, 7) is 4.85. The van der Waals surface area contributed by atoms with Crippen molar-refractivity contribution in [3.8, 4) is 11.5 Å². The second kappa shape index (κ2) is 9.27. The van der Waals surface area contributed by atoms with E-state index in [9.17, 15) is 0 Å². The number of para-hydroxylation sites is 1. The molecule has 0 spiro atoms. The number of aromatic nitrogens is 1. The summed E-state index contributed by atoms with van der Waals surface area (Å²) in [5.74, 6) is 3.01. The monoisotopic (exact) mass is 431 g/mol. The summed E-state index contributed by atoms with van der Waals surface area (Å²) in [4.78, 5) is 5.04. The first-order chi connectivity index (χ1) is 15.7. The van der Waals surface area contributed by atoms with Gasteiger partial charge in [-0.15, -0.1) is 0 Å². The van der Waals surface area contributed by atoms with Crippen LogP contribution in [0.4, 0.5) is 11.4 Å². The maximum absolute atomic E-state index is 6.14. The molecule has 0 saturated heterocycles. The number of rotatable bonds is 10. The number of ether oxygens (including phenoxy) is 2. The molecule has 1 heterocycles. The molecule has 2 aromatic carbocycles. The molecule has 1 aromatic heterocycles. The Balaban J connectivity index is 1.33. The van der Waals surface area contributed by atoms with Gasteiger partial charge in [0.2, 0.25) is 0 Å². The van der Waals surface area contributed by atoms with Gasteiger partial charge in [0.05, 0.1) is 19.2 Å². The molecule has 0 amide bonds.